The van der Waals surface area contributed by atoms with E-state index in [1.54, 1.807) is 11.8 Å². The average molecular weight is 307 g/mol. The molecule has 110 valence electrons. The van der Waals surface area contributed by atoms with E-state index in [1.807, 2.05) is 37.4 Å². The van der Waals surface area contributed by atoms with Gasteiger partial charge in [0.15, 0.2) is 11.6 Å². The highest BCUT2D eigenvalue weighted by atomic mass is 32.2. The maximum atomic E-state index is 13.1. The Balaban J connectivity index is 2.08. The predicted molar refractivity (Wildman–Crippen MR) is 80.5 cm³/mol. The van der Waals surface area contributed by atoms with Crippen LogP contribution in [0.5, 0.6) is 0 Å². The minimum Gasteiger partial charge on any atom is -0.346 e. The summed E-state index contributed by atoms with van der Waals surface area (Å²) in [6.45, 7) is 1.84. The quantitative estimate of drug-likeness (QED) is 0.859. The average Bonchev–Trinajstić information content (AvgIpc) is 2.50. The van der Waals surface area contributed by atoms with Crippen molar-refractivity contribution in [3.8, 4) is 0 Å². The fraction of sp³-hybridized carbons (Fsp3) is 0.188. The molecule has 21 heavy (non-hydrogen) atoms. The molecule has 0 radical (unpaired) electrons. The van der Waals surface area contributed by atoms with Crippen molar-refractivity contribution in [1.82, 2.24) is 5.32 Å². The van der Waals surface area contributed by atoms with Crippen molar-refractivity contribution < 1.29 is 13.6 Å². The zero-order chi connectivity index (χ0) is 15.4. The third-order valence-corrected chi connectivity index (χ3v) is 3.89. The van der Waals surface area contributed by atoms with Crippen LogP contribution in [0.2, 0.25) is 0 Å². The smallest absolute Gasteiger partial charge is 0.251 e. The third-order valence-electron chi connectivity index (χ3n) is 3.15. The molecule has 2 nitrogen and oxygen atoms in total. The Morgan fingerprint density at radius 2 is 1.76 bits per heavy atom. The van der Waals surface area contributed by atoms with Crippen LogP contribution in [-0.4, -0.2) is 12.2 Å². The predicted octanol–water partition coefficient (Wildman–Crippen LogP) is 4.18. The topological polar surface area (TPSA) is 29.1 Å². The molecule has 2 aromatic carbocycles. The van der Waals surface area contributed by atoms with Crippen molar-refractivity contribution in [3.63, 3.8) is 0 Å². The summed E-state index contributed by atoms with van der Waals surface area (Å²) in [6, 6.07) is 10.7. The Bertz CT molecular complexity index is 643. The highest BCUT2D eigenvalue weighted by Crippen LogP contribution is 2.19. The van der Waals surface area contributed by atoms with Crippen LogP contribution in [-0.2, 0) is 0 Å². The van der Waals surface area contributed by atoms with Crippen molar-refractivity contribution in [3.05, 3.63) is 65.2 Å². The summed E-state index contributed by atoms with van der Waals surface area (Å²) in [4.78, 5) is 13.1. The number of rotatable bonds is 4. The van der Waals surface area contributed by atoms with E-state index in [4.69, 9.17) is 0 Å². The van der Waals surface area contributed by atoms with Gasteiger partial charge in [-0.1, -0.05) is 12.1 Å². The van der Waals surface area contributed by atoms with Gasteiger partial charge in [0, 0.05) is 10.5 Å². The van der Waals surface area contributed by atoms with Gasteiger partial charge in [-0.25, -0.2) is 8.78 Å². The second-order valence-electron chi connectivity index (χ2n) is 4.60. The SMILES string of the molecule is CSc1ccc([C@@H](C)NC(=O)c2ccc(F)c(F)c2)cc1. The molecule has 5 heteroatoms. The first-order valence-corrected chi connectivity index (χ1v) is 7.63. The van der Waals surface area contributed by atoms with E-state index >= 15 is 0 Å². The van der Waals surface area contributed by atoms with Gasteiger partial charge in [0.1, 0.15) is 0 Å². The number of nitrogens with one attached hydrogen (secondary N) is 1. The molecule has 0 saturated carbocycles. The van der Waals surface area contributed by atoms with Gasteiger partial charge in [0.2, 0.25) is 0 Å². The number of thioether (sulfide) groups is 1. The molecule has 2 rings (SSSR count). The summed E-state index contributed by atoms with van der Waals surface area (Å²) < 4.78 is 26.0. The Labute approximate surface area is 126 Å². The number of carbonyl (C=O) groups is 1. The summed E-state index contributed by atoms with van der Waals surface area (Å²) in [5.41, 5.74) is 1.05. The van der Waals surface area contributed by atoms with E-state index in [9.17, 15) is 13.6 Å². The number of hydrogen-bond donors (Lipinski definition) is 1. The van der Waals surface area contributed by atoms with Gasteiger partial charge in [-0.05, 0) is 49.1 Å². The second-order valence-corrected chi connectivity index (χ2v) is 5.48. The molecule has 0 unspecified atom stereocenters. The van der Waals surface area contributed by atoms with Crippen LogP contribution in [0.1, 0.15) is 28.9 Å². The number of carbonyl (C=O) groups excluding carboxylic acids is 1. The minimum absolute atomic E-state index is 0.0986. The molecule has 0 heterocycles. The normalized spacial score (nSPS) is 12.0. The van der Waals surface area contributed by atoms with Gasteiger partial charge in [-0.3, -0.25) is 4.79 Å². The maximum Gasteiger partial charge on any atom is 0.251 e. The fourth-order valence-electron chi connectivity index (χ4n) is 1.89. The molecule has 0 aliphatic heterocycles. The van der Waals surface area contributed by atoms with Crippen molar-refractivity contribution >= 4 is 17.7 Å². The van der Waals surface area contributed by atoms with Crippen LogP contribution >= 0.6 is 11.8 Å². The van der Waals surface area contributed by atoms with Gasteiger partial charge in [0.05, 0.1) is 6.04 Å². The van der Waals surface area contributed by atoms with E-state index in [2.05, 4.69) is 5.32 Å². The fourth-order valence-corrected chi connectivity index (χ4v) is 2.30. The molecule has 0 aliphatic carbocycles. The van der Waals surface area contributed by atoms with Gasteiger partial charge in [0.25, 0.3) is 5.91 Å². The van der Waals surface area contributed by atoms with Crippen molar-refractivity contribution in [2.45, 2.75) is 17.9 Å². The van der Waals surface area contributed by atoms with Gasteiger partial charge >= 0.3 is 0 Å². The molecule has 1 N–H and O–H groups in total. The van der Waals surface area contributed by atoms with Crippen molar-refractivity contribution in [2.75, 3.05) is 6.26 Å². The molecule has 1 atom stereocenters. The van der Waals surface area contributed by atoms with Crippen molar-refractivity contribution in [1.29, 1.82) is 0 Å². The van der Waals surface area contributed by atoms with Gasteiger partial charge in [-0.15, -0.1) is 11.8 Å². The molecule has 0 saturated heterocycles. The Hall–Kier alpha value is -1.88. The molecule has 0 fully saturated rings. The summed E-state index contributed by atoms with van der Waals surface area (Å²) in [5.74, 6) is -2.43. The lowest BCUT2D eigenvalue weighted by molar-refractivity contribution is 0.0939. The van der Waals surface area contributed by atoms with Crippen molar-refractivity contribution in [2.24, 2.45) is 0 Å². The second kappa shape index (κ2) is 6.72. The van der Waals surface area contributed by atoms with Crippen LogP contribution in [0.3, 0.4) is 0 Å². The monoisotopic (exact) mass is 307 g/mol. The first-order chi connectivity index (χ1) is 10.0. The maximum absolute atomic E-state index is 13.1. The summed E-state index contributed by atoms with van der Waals surface area (Å²) in [6.07, 6.45) is 1.99. The Kier molecular flexibility index (Phi) is 4.96. The van der Waals surface area contributed by atoms with Crippen LogP contribution < -0.4 is 5.32 Å². The summed E-state index contributed by atoms with van der Waals surface area (Å²) in [7, 11) is 0. The van der Waals surface area contributed by atoms with E-state index in [1.165, 1.54) is 6.07 Å². The van der Waals surface area contributed by atoms with Gasteiger partial charge < -0.3 is 5.32 Å². The third kappa shape index (κ3) is 3.82. The highest BCUT2D eigenvalue weighted by molar-refractivity contribution is 7.98. The molecule has 0 spiro atoms. The van der Waals surface area contributed by atoms with E-state index in [0.29, 0.717) is 0 Å². The van der Waals surface area contributed by atoms with Gasteiger partial charge in [-0.2, -0.15) is 0 Å². The number of amides is 1. The lowest BCUT2D eigenvalue weighted by Gasteiger charge is -2.15. The zero-order valence-electron chi connectivity index (χ0n) is 11.7. The zero-order valence-corrected chi connectivity index (χ0v) is 12.5. The molecular formula is C16H15F2NOS. The summed E-state index contributed by atoms with van der Waals surface area (Å²) >= 11 is 1.64. The molecule has 0 aromatic heterocycles. The Morgan fingerprint density at radius 3 is 2.33 bits per heavy atom. The molecule has 2 aromatic rings. The highest BCUT2D eigenvalue weighted by Gasteiger charge is 2.13. The van der Waals surface area contributed by atoms with E-state index < -0.39 is 17.5 Å². The molecule has 1 amide bonds. The van der Waals surface area contributed by atoms with E-state index in [-0.39, 0.29) is 11.6 Å². The molecule has 0 aliphatic rings. The van der Waals surface area contributed by atoms with Crippen LogP contribution in [0.25, 0.3) is 0 Å². The lowest BCUT2D eigenvalue weighted by atomic mass is 10.1. The number of hydrogen-bond acceptors (Lipinski definition) is 2. The van der Waals surface area contributed by atoms with E-state index in [0.717, 1.165) is 22.6 Å². The Morgan fingerprint density at radius 1 is 1.10 bits per heavy atom. The molecular weight excluding hydrogens is 292 g/mol. The molecule has 0 bridgehead atoms. The summed E-state index contributed by atoms with van der Waals surface area (Å²) in [5, 5.41) is 2.76. The number of halogens is 2. The van der Waals surface area contributed by atoms with Crippen LogP contribution in [0.4, 0.5) is 8.78 Å². The van der Waals surface area contributed by atoms with Crippen LogP contribution in [0.15, 0.2) is 47.4 Å². The standard InChI is InChI=1S/C16H15F2NOS/c1-10(11-3-6-13(21-2)7-4-11)19-16(20)12-5-8-14(17)15(18)9-12/h3-10H,1-2H3,(H,19,20)/t10-/m1/s1. The minimum atomic E-state index is -1.03. The van der Waals surface area contributed by atoms with Crippen LogP contribution in [0, 0.1) is 11.6 Å². The first-order valence-electron chi connectivity index (χ1n) is 6.41. The lowest BCUT2D eigenvalue weighted by Crippen LogP contribution is -2.26. The first kappa shape index (κ1) is 15.5. The largest absolute Gasteiger partial charge is 0.346 e. The number of benzene rings is 2.